The third kappa shape index (κ3) is 6.68. The molecule has 20 heavy (non-hydrogen) atoms. The van der Waals surface area contributed by atoms with E-state index in [1.54, 1.807) is 25.1 Å². The van der Waals surface area contributed by atoms with Crippen LogP contribution in [0.5, 0.6) is 0 Å². The zero-order chi connectivity index (χ0) is 15.5. The van der Waals surface area contributed by atoms with E-state index < -0.39 is 11.9 Å². The molecule has 1 amide bonds. The lowest BCUT2D eigenvalue weighted by molar-refractivity contribution is -0.124. The Bertz CT molecular complexity index is 469. The Hall–Kier alpha value is -2.17. The number of nitrogens with one attached hydrogen (secondary N) is 1. The maximum Gasteiger partial charge on any atom is 0.338 e. The molecule has 0 saturated heterocycles. The number of ether oxygens (including phenoxy) is 1. The van der Waals surface area contributed by atoms with Gasteiger partial charge in [0.15, 0.2) is 0 Å². The van der Waals surface area contributed by atoms with Crippen molar-refractivity contribution in [1.82, 2.24) is 0 Å². The van der Waals surface area contributed by atoms with Crippen molar-refractivity contribution in [1.29, 1.82) is 0 Å². The van der Waals surface area contributed by atoms with Crippen molar-refractivity contribution in [2.45, 2.75) is 34.1 Å². The fourth-order valence-corrected chi connectivity index (χ4v) is 1.37. The van der Waals surface area contributed by atoms with Crippen LogP contribution in [0.3, 0.4) is 0 Å². The van der Waals surface area contributed by atoms with Gasteiger partial charge in [-0.1, -0.05) is 19.9 Å². The van der Waals surface area contributed by atoms with Crippen LogP contribution in [-0.4, -0.2) is 24.3 Å². The van der Waals surface area contributed by atoms with Gasteiger partial charge in [-0.2, -0.15) is 0 Å². The first kappa shape index (κ1) is 17.8. The van der Waals surface area contributed by atoms with Crippen molar-refractivity contribution in [3.05, 3.63) is 29.8 Å². The van der Waals surface area contributed by atoms with E-state index in [0.29, 0.717) is 17.9 Å². The zero-order valence-electron chi connectivity index (χ0n) is 12.4. The third-order valence-electron chi connectivity index (χ3n) is 2.07. The molecule has 0 aliphatic rings. The Labute approximate surface area is 119 Å². The first-order chi connectivity index (χ1) is 9.52. The monoisotopic (exact) mass is 279 g/mol. The van der Waals surface area contributed by atoms with Crippen molar-refractivity contribution in [3.63, 3.8) is 0 Å². The van der Waals surface area contributed by atoms with Crippen molar-refractivity contribution in [2.75, 3.05) is 11.9 Å². The highest BCUT2D eigenvalue weighted by molar-refractivity contribution is 6.04. The van der Waals surface area contributed by atoms with E-state index in [0.717, 1.165) is 0 Å². The first-order valence-corrected chi connectivity index (χ1v) is 6.59. The highest BCUT2D eigenvalue weighted by atomic mass is 16.5. The lowest BCUT2D eigenvalue weighted by atomic mass is 10.2. The molecule has 0 radical (unpaired) electrons. The summed E-state index contributed by atoms with van der Waals surface area (Å²) >= 11 is 0. The molecule has 1 rings (SSSR count). The molecule has 0 saturated carbocycles. The van der Waals surface area contributed by atoms with E-state index in [1.807, 2.05) is 13.8 Å². The van der Waals surface area contributed by atoms with Crippen molar-refractivity contribution < 1.29 is 19.1 Å². The quantitative estimate of drug-likeness (QED) is 0.664. The Kier molecular flexibility index (Phi) is 8.67. The second-order valence-corrected chi connectivity index (χ2v) is 3.73. The van der Waals surface area contributed by atoms with Gasteiger partial charge in [-0.15, -0.1) is 0 Å². The van der Waals surface area contributed by atoms with Crippen molar-refractivity contribution >= 4 is 23.3 Å². The molecule has 0 spiro atoms. The second kappa shape index (κ2) is 9.72. The van der Waals surface area contributed by atoms with Crippen molar-refractivity contribution in [2.24, 2.45) is 0 Å². The summed E-state index contributed by atoms with van der Waals surface area (Å²) < 4.78 is 4.85. The van der Waals surface area contributed by atoms with Crippen LogP contribution in [0, 0.1) is 0 Å². The van der Waals surface area contributed by atoms with Gasteiger partial charge in [0.1, 0.15) is 5.78 Å². The normalized spacial score (nSPS) is 9.00. The molecule has 110 valence electrons. The van der Waals surface area contributed by atoms with E-state index in [1.165, 1.54) is 13.0 Å². The van der Waals surface area contributed by atoms with Gasteiger partial charge >= 0.3 is 5.97 Å². The van der Waals surface area contributed by atoms with Gasteiger partial charge in [-0.3, -0.25) is 9.59 Å². The zero-order valence-corrected chi connectivity index (χ0v) is 12.4. The SMILES string of the molecule is CC.CCOC(=O)c1cccc(NC(=O)CC(C)=O)c1. The van der Waals surface area contributed by atoms with E-state index in [-0.39, 0.29) is 12.2 Å². The van der Waals surface area contributed by atoms with E-state index in [2.05, 4.69) is 5.32 Å². The van der Waals surface area contributed by atoms with Gasteiger partial charge in [0.05, 0.1) is 18.6 Å². The fraction of sp³-hybridized carbons (Fsp3) is 0.400. The number of hydrogen-bond donors (Lipinski definition) is 1. The number of esters is 1. The van der Waals surface area contributed by atoms with Crippen molar-refractivity contribution in [3.8, 4) is 0 Å². The van der Waals surface area contributed by atoms with Crippen LogP contribution < -0.4 is 5.32 Å². The number of amides is 1. The summed E-state index contributed by atoms with van der Waals surface area (Å²) in [7, 11) is 0. The van der Waals surface area contributed by atoms with Crippen LogP contribution in [0.15, 0.2) is 24.3 Å². The number of Topliss-reactive ketones (excluding diaryl/α,β-unsaturated/α-hetero) is 1. The molecule has 0 heterocycles. The minimum absolute atomic E-state index is 0.177. The third-order valence-corrected chi connectivity index (χ3v) is 2.07. The highest BCUT2D eigenvalue weighted by Crippen LogP contribution is 2.12. The van der Waals surface area contributed by atoms with E-state index in [4.69, 9.17) is 4.74 Å². The Morgan fingerprint density at radius 1 is 1.20 bits per heavy atom. The predicted octanol–water partition coefficient (Wildman–Crippen LogP) is 2.81. The largest absolute Gasteiger partial charge is 0.462 e. The molecular formula is C15H21NO4. The maximum absolute atomic E-state index is 11.5. The highest BCUT2D eigenvalue weighted by Gasteiger charge is 2.09. The molecular weight excluding hydrogens is 258 g/mol. The van der Waals surface area contributed by atoms with Crippen LogP contribution in [-0.2, 0) is 14.3 Å². The molecule has 0 aliphatic heterocycles. The topological polar surface area (TPSA) is 72.5 Å². The van der Waals surface area contributed by atoms with Gasteiger partial charge in [0.2, 0.25) is 5.91 Å². The van der Waals surface area contributed by atoms with Crippen LogP contribution in [0.25, 0.3) is 0 Å². The number of carbonyl (C=O) groups excluding carboxylic acids is 3. The number of anilines is 1. The van der Waals surface area contributed by atoms with Gasteiger partial charge < -0.3 is 10.1 Å². The van der Waals surface area contributed by atoms with Crippen LogP contribution in [0.1, 0.15) is 44.5 Å². The molecule has 5 heteroatoms. The average molecular weight is 279 g/mol. The van der Waals surface area contributed by atoms with Gasteiger partial charge in [-0.05, 0) is 32.0 Å². The van der Waals surface area contributed by atoms with E-state index in [9.17, 15) is 14.4 Å². The van der Waals surface area contributed by atoms with Gasteiger partial charge in [-0.25, -0.2) is 4.79 Å². The van der Waals surface area contributed by atoms with Crippen LogP contribution >= 0.6 is 0 Å². The van der Waals surface area contributed by atoms with Gasteiger partial charge in [0.25, 0.3) is 0 Å². The lowest BCUT2D eigenvalue weighted by Gasteiger charge is -2.06. The summed E-state index contributed by atoms with van der Waals surface area (Å²) in [5, 5.41) is 2.54. The summed E-state index contributed by atoms with van der Waals surface area (Å²) in [5.74, 6) is -1.06. The molecule has 5 nitrogen and oxygen atoms in total. The summed E-state index contributed by atoms with van der Waals surface area (Å²) in [4.78, 5) is 33.6. The summed E-state index contributed by atoms with van der Waals surface area (Å²) in [6.07, 6.45) is -0.177. The molecule has 1 aromatic rings. The molecule has 0 aromatic heterocycles. The van der Waals surface area contributed by atoms with Crippen LogP contribution in [0.4, 0.5) is 5.69 Å². The summed E-state index contributed by atoms with van der Waals surface area (Å²) in [5.41, 5.74) is 0.823. The molecule has 1 aromatic carbocycles. The van der Waals surface area contributed by atoms with Gasteiger partial charge in [0, 0.05) is 5.69 Å². The molecule has 0 bridgehead atoms. The number of benzene rings is 1. The standard InChI is InChI=1S/C13H15NO4.C2H6/c1-3-18-13(17)10-5-4-6-11(8-10)14-12(16)7-9(2)15;1-2/h4-6,8H,3,7H2,1-2H3,(H,14,16);1-2H3. The second-order valence-electron chi connectivity index (χ2n) is 3.73. The Balaban J connectivity index is 0.00000172. The number of carbonyl (C=O) groups is 3. The lowest BCUT2D eigenvalue weighted by Crippen LogP contribution is -2.15. The Morgan fingerprint density at radius 3 is 2.40 bits per heavy atom. The molecule has 0 aliphatic carbocycles. The number of ketones is 1. The first-order valence-electron chi connectivity index (χ1n) is 6.59. The predicted molar refractivity (Wildman–Crippen MR) is 77.7 cm³/mol. The Morgan fingerprint density at radius 2 is 1.85 bits per heavy atom. The number of hydrogen-bond acceptors (Lipinski definition) is 4. The maximum atomic E-state index is 11.5. The average Bonchev–Trinajstić information content (AvgIpc) is 2.40. The number of rotatable bonds is 5. The smallest absolute Gasteiger partial charge is 0.338 e. The molecule has 1 N–H and O–H groups in total. The molecule has 0 fully saturated rings. The van der Waals surface area contributed by atoms with Crippen LogP contribution in [0.2, 0.25) is 0 Å². The minimum atomic E-state index is -0.444. The molecule has 0 unspecified atom stereocenters. The summed E-state index contributed by atoms with van der Waals surface area (Å²) in [6.45, 7) is 7.35. The fourth-order valence-electron chi connectivity index (χ4n) is 1.37. The summed E-state index contributed by atoms with van der Waals surface area (Å²) in [6, 6.07) is 6.38. The molecule has 0 atom stereocenters. The van der Waals surface area contributed by atoms with E-state index >= 15 is 0 Å². The minimum Gasteiger partial charge on any atom is -0.462 e.